The molecule has 0 unspecified atom stereocenters. The van der Waals surface area contributed by atoms with E-state index in [1.54, 1.807) is 0 Å². The van der Waals surface area contributed by atoms with Gasteiger partial charge in [0.25, 0.3) is 0 Å². The van der Waals surface area contributed by atoms with Crippen molar-refractivity contribution < 1.29 is 0 Å². The highest BCUT2D eigenvalue weighted by Crippen LogP contribution is 2.45. The molecule has 5 nitrogen and oxygen atoms in total. The van der Waals surface area contributed by atoms with Gasteiger partial charge in [-0.3, -0.25) is 0 Å². The van der Waals surface area contributed by atoms with Crippen LogP contribution < -0.4 is 0 Å². The third-order valence-corrected chi connectivity index (χ3v) is 11.1. The lowest BCUT2D eigenvalue weighted by molar-refractivity contribution is 1.08. The minimum Gasteiger partial charge on any atom is -0.313 e. The third kappa shape index (κ3) is 4.12. The number of rotatable bonds is 4. The molecule has 250 valence electrons. The average molecular weight is 688 g/mol. The van der Waals surface area contributed by atoms with E-state index in [-0.39, 0.29) is 0 Å². The Morgan fingerprint density at radius 2 is 1.00 bits per heavy atom. The highest BCUT2D eigenvalue weighted by molar-refractivity contribution is 6.23. The van der Waals surface area contributed by atoms with Crippen molar-refractivity contribution in [1.29, 1.82) is 0 Å². The molecule has 0 aliphatic carbocycles. The fourth-order valence-corrected chi connectivity index (χ4v) is 8.70. The second kappa shape index (κ2) is 11.1. The number of pyridine rings is 1. The number of benzene rings is 8. The summed E-state index contributed by atoms with van der Waals surface area (Å²) in [6, 6.07) is 60.3. The van der Waals surface area contributed by atoms with Crippen LogP contribution in [0.25, 0.3) is 111 Å². The van der Waals surface area contributed by atoms with Gasteiger partial charge in [-0.2, -0.15) is 0 Å². The summed E-state index contributed by atoms with van der Waals surface area (Å²) >= 11 is 0. The van der Waals surface area contributed by atoms with E-state index in [0.717, 1.165) is 38.6 Å². The van der Waals surface area contributed by atoms with Gasteiger partial charge in [0.05, 0.1) is 27.8 Å². The molecule has 0 bridgehead atoms. The van der Waals surface area contributed by atoms with E-state index in [9.17, 15) is 0 Å². The summed E-state index contributed by atoms with van der Waals surface area (Å²) in [6.07, 6.45) is 2.23. The lowest BCUT2D eigenvalue weighted by Gasteiger charge is -2.22. The molecule has 0 atom stereocenters. The van der Waals surface area contributed by atoms with Crippen molar-refractivity contribution in [3.63, 3.8) is 0 Å². The Bertz CT molecular complexity index is 3320. The number of hydrogen-bond acceptors (Lipinski definition) is 3. The van der Waals surface area contributed by atoms with Crippen LogP contribution in [0.1, 0.15) is 0 Å². The number of nitrogens with zero attached hydrogens (tertiary/aromatic N) is 5. The number of hydrogen-bond donors (Lipinski definition) is 0. The highest BCUT2D eigenvalue weighted by Gasteiger charge is 2.24. The number of para-hydroxylation sites is 2. The van der Waals surface area contributed by atoms with E-state index in [1.807, 2.05) is 60.7 Å². The molecule has 4 heterocycles. The van der Waals surface area contributed by atoms with E-state index in [0.29, 0.717) is 17.5 Å². The van der Waals surface area contributed by atoms with Crippen LogP contribution in [-0.2, 0) is 0 Å². The van der Waals surface area contributed by atoms with Gasteiger partial charge in [-0.15, -0.1) is 0 Å². The summed E-state index contributed by atoms with van der Waals surface area (Å²) in [5.74, 6) is 1.96. The zero-order valence-electron chi connectivity index (χ0n) is 29.0. The fourth-order valence-electron chi connectivity index (χ4n) is 8.70. The topological polar surface area (TPSA) is 48.0 Å². The first-order valence-corrected chi connectivity index (χ1v) is 18.3. The van der Waals surface area contributed by atoms with Gasteiger partial charge < -0.3 is 8.97 Å². The summed E-state index contributed by atoms with van der Waals surface area (Å²) in [4.78, 5) is 15.1. The SMILES string of the molecule is c1ccc(-c2nc(-c3ccccc3)nc(-c3ccc(-c4ccc5c6cc7cccc8ccn9c%10ccccc%10n(c5c4)c6c-9c87)c4ccccc34)n2)cc1. The summed E-state index contributed by atoms with van der Waals surface area (Å²) in [7, 11) is 0. The average Bonchev–Trinajstić information content (AvgIpc) is 3.58. The Labute approximate surface area is 309 Å². The Hall–Kier alpha value is -7.37. The molecule has 0 radical (unpaired) electrons. The van der Waals surface area contributed by atoms with Crippen molar-refractivity contribution in [2.45, 2.75) is 0 Å². The molecule has 10 aromatic rings. The van der Waals surface area contributed by atoms with Crippen molar-refractivity contribution in [3.8, 4) is 51.0 Å². The number of fused-ring (bicyclic) bond motifs is 7. The largest absolute Gasteiger partial charge is 0.313 e. The molecule has 8 aromatic carbocycles. The molecular formula is C49H29N5. The summed E-state index contributed by atoms with van der Waals surface area (Å²) in [5.41, 5.74) is 11.3. The molecule has 2 aliphatic rings. The lowest BCUT2D eigenvalue weighted by Crippen LogP contribution is -2.06. The Balaban J connectivity index is 1.11. The maximum atomic E-state index is 5.08. The molecule has 2 aliphatic heterocycles. The van der Waals surface area contributed by atoms with Gasteiger partial charge in [0, 0.05) is 39.0 Å². The first-order valence-electron chi connectivity index (χ1n) is 18.3. The van der Waals surface area contributed by atoms with E-state index >= 15 is 0 Å². The van der Waals surface area contributed by atoms with Crippen LogP contribution in [0.3, 0.4) is 0 Å². The van der Waals surface area contributed by atoms with Crippen LogP contribution in [-0.4, -0.2) is 23.9 Å². The van der Waals surface area contributed by atoms with Crippen LogP contribution in [0, 0.1) is 0 Å². The molecule has 0 amide bonds. The van der Waals surface area contributed by atoms with E-state index in [2.05, 4.69) is 124 Å². The second-order valence-corrected chi connectivity index (χ2v) is 14.1. The lowest BCUT2D eigenvalue weighted by atomic mass is 9.94. The van der Waals surface area contributed by atoms with E-state index < -0.39 is 0 Å². The summed E-state index contributed by atoms with van der Waals surface area (Å²) < 4.78 is 4.87. The molecule has 0 fully saturated rings. The fraction of sp³-hybridized carbons (Fsp3) is 0. The van der Waals surface area contributed by atoms with Gasteiger partial charge in [-0.25, -0.2) is 15.0 Å². The van der Waals surface area contributed by atoms with Crippen molar-refractivity contribution in [3.05, 3.63) is 176 Å². The smallest absolute Gasteiger partial charge is 0.164 e. The second-order valence-electron chi connectivity index (χ2n) is 14.1. The maximum Gasteiger partial charge on any atom is 0.164 e. The zero-order chi connectivity index (χ0) is 35.3. The van der Waals surface area contributed by atoms with Gasteiger partial charge in [0.1, 0.15) is 0 Å². The van der Waals surface area contributed by atoms with Crippen molar-refractivity contribution in [2.24, 2.45) is 0 Å². The van der Waals surface area contributed by atoms with Gasteiger partial charge in [-0.05, 0) is 69.1 Å². The van der Waals surface area contributed by atoms with Crippen LogP contribution >= 0.6 is 0 Å². The molecule has 5 heteroatoms. The standard InChI is InChI=1S/C49H29N5/c1-3-12-31(13-4-1)47-50-48(32-14-5-2-6-15-32)52-49(51-47)39-25-24-35(36-18-7-8-19-37(36)39)33-22-23-38-40-28-34-17-11-16-30-26-27-53-41-20-9-10-21-42(41)54(43(38)29-33)45(40)46(53)44(30)34/h1-29H. The quantitative estimate of drug-likeness (QED) is 0.137. The van der Waals surface area contributed by atoms with Gasteiger partial charge in [0.2, 0.25) is 0 Å². The minimum atomic E-state index is 0.652. The molecule has 12 rings (SSSR count). The molecule has 0 spiro atoms. The summed E-state index contributed by atoms with van der Waals surface area (Å²) in [6.45, 7) is 0. The van der Waals surface area contributed by atoms with Crippen LogP contribution in [0.5, 0.6) is 0 Å². The first kappa shape index (κ1) is 29.2. The number of aromatic nitrogens is 5. The molecule has 0 N–H and O–H groups in total. The Morgan fingerprint density at radius 1 is 0.370 bits per heavy atom. The Morgan fingerprint density at radius 3 is 1.76 bits per heavy atom. The predicted octanol–water partition coefficient (Wildman–Crippen LogP) is 12.2. The van der Waals surface area contributed by atoms with E-state index in [4.69, 9.17) is 15.0 Å². The normalized spacial score (nSPS) is 12.1. The Kier molecular flexibility index (Phi) is 5.99. The third-order valence-electron chi connectivity index (χ3n) is 11.1. The van der Waals surface area contributed by atoms with Crippen molar-refractivity contribution in [2.75, 3.05) is 0 Å². The zero-order valence-corrected chi connectivity index (χ0v) is 29.0. The van der Waals surface area contributed by atoms with Crippen molar-refractivity contribution in [1.82, 2.24) is 23.9 Å². The van der Waals surface area contributed by atoms with Gasteiger partial charge in [0.15, 0.2) is 17.5 Å². The summed E-state index contributed by atoms with van der Waals surface area (Å²) in [5, 5.41) is 8.58. The van der Waals surface area contributed by atoms with Crippen LogP contribution in [0.4, 0.5) is 0 Å². The van der Waals surface area contributed by atoms with Crippen LogP contribution in [0.15, 0.2) is 176 Å². The van der Waals surface area contributed by atoms with Crippen LogP contribution in [0.2, 0.25) is 0 Å². The monoisotopic (exact) mass is 687 g/mol. The van der Waals surface area contributed by atoms with E-state index in [1.165, 1.54) is 54.7 Å². The maximum absolute atomic E-state index is 5.08. The highest BCUT2D eigenvalue weighted by atomic mass is 15.1. The first-order chi connectivity index (χ1) is 26.8. The molecule has 0 saturated heterocycles. The minimum absolute atomic E-state index is 0.652. The van der Waals surface area contributed by atoms with Gasteiger partial charge in [-0.1, -0.05) is 133 Å². The molecular weight excluding hydrogens is 659 g/mol. The predicted molar refractivity (Wildman–Crippen MR) is 222 cm³/mol. The molecule has 0 saturated carbocycles. The van der Waals surface area contributed by atoms with Gasteiger partial charge >= 0.3 is 0 Å². The van der Waals surface area contributed by atoms with Crippen molar-refractivity contribution >= 4 is 59.8 Å². The molecule has 54 heavy (non-hydrogen) atoms. The molecule has 2 aromatic heterocycles.